The van der Waals surface area contributed by atoms with E-state index >= 15 is 0 Å². The zero-order chi connectivity index (χ0) is 15.9. The lowest BCUT2D eigenvalue weighted by atomic mass is 10.0. The molecule has 0 aliphatic rings. The Bertz CT molecular complexity index is 524. The largest absolute Gasteiger partial charge is 0.388 e. The molecule has 0 amide bonds. The number of hydrogen-bond acceptors (Lipinski definition) is 4. The average molecular weight is 314 g/mol. The molecule has 0 fully saturated rings. The number of nitrogens with one attached hydrogen (secondary N) is 2. The average Bonchev–Trinajstić information content (AvgIpc) is 2.43. The second kappa shape index (κ2) is 7.77. The van der Waals surface area contributed by atoms with Gasteiger partial charge in [-0.1, -0.05) is 20.3 Å². The lowest BCUT2D eigenvalue weighted by molar-refractivity contribution is 0.0637. The van der Waals surface area contributed by atoms with Crippen LogP contribution in [0.25, 0.3) is 0 Å². The molecule has 1 aromatic rings. The van der Waals surface area contributed by atoms with E-state index < -0.39 is 15.6 Å². The number of sulfonamides is 1. The Labute approximate surface area is 127 Å². The number of aliphatic hydroxyl groups is 1. The Morgan fingerprint density at radius 3 is 2.29 bits per heavy atom. The molecule has 0 spiro atoms. The standard InChI is InChI=1S/C15H26N2O3S/c1-4-10-15(3,18)12-16-13-6-8-14(9-7-13)21(19,20)17-11-5-2/h6-9,16-18H,4-5,10-12H2,1-3H3. The van der Waals surface area contributed by atoms with Gasteiger partial charge in [-0.05, 0) is 44.0 Å². The molecular formula is C15H26N2O3S. The van der Waals surface area contributed by atoms with Crippen LogP contribution in [0.4, 0.5) is 5.69 Å². The molecule has 0 bridgehead atoms. The molecule has 0 radical (unpaired) electrons. The summed E-state index contributed by atoms with van der Waals surface area (Å²) in [4.78, 5) is 0.252. The summed E-state index contributed by atoms with van der Waals surface area (Å²) in [7, 11) is -3.42. The molecule has 1 rings (SSSR count). The minimum Gasteiger partial charge on any atom is -0.388 e. The highest BCUT2D eigenvalue weighted by atomic mass is 32.2. The van der Waals surface area contributed by atoms with Crippen LogP contribution >= 0.6 is 0 Å². The van der Waals surface area contributed by atoms with Gasteiger partial charge in [-0.15, -0.1) is 0 Å². The van der Waals surface area contributed by atoms with Crippen LogP contribution < -0.4 is 10.0 Å². The first-order valence-corrected chi connectivity index (χ1v) is 8.85. The van der Waals surface area contributed by atoms with Crippen LogP contribution in [0.2, 0.25) is 0 Å². The summed E-state index contributed by atoms with van der Waals surface area (Å²) in [5.74, 6) is 0. The van der Waals surface area contributed by atoms with Crippen molar-refractivity contribution in [3.63, 3.8) is 0 Å². The fourth-order valence-corrected chi connectivity index (χ4v) is 3.13. The van der Waals surface area contributed by atoms with Crippen LogP contribution in [0.3, 0.4) is 0 Å². The van der Waals surface area contributed by atoms with E-state index in [1.807, 2.05) is 13.8 Å². The minimum atomic E-state index is -3.42. The Morgan fingerprint density at radius 2 is 1.76 bits per heavy atom. The fourth-order valence-electron chi connectivity index (χ4n) is 1.99. The smallest absolute Gasteiger partial charge is 0.240 e. The topological polar surface area (TPSA) is 78.4 Å². The Balaban J connectivity index is 2.66. The van der Waals surface area contributed by atoms with Crippen LogP contribution in [0, 0.1) is 0 Å². The van der Waals surface area contributed by atoms with Gasteiger partial charge in [0.05, 0.1) is 10.5 Å². The zero-order valence-electron chi connectivity index (χ0n) is 13.0. The van der Waals surface area contributed by atoms with E-state index in [-0.39, 0.29) is 4.90 Å². The summed E-state index contributed by atoms with van der Waals surface area (Å²) >= 11 is 0. The molecular weight excluding hydrogens is 288 g/mol. The first kappa shape index (κ1) is 17.9. The molecule has 0 aliphatic heterocycles. The Morgan fingerprint density at radius 1 is 1.14 bits per heavy atom. The highest BCUT2D eigenvalue weighted by molar-refractivity contribution is 7.89. The maximum absolute atomic E-state index is 11.9. The first-order chi connectivity index (χ1) is 9.80. The second-order valence-corrected chi connectivity index (χ2v) is 7.29. The molecule has 120 valence electrons. The van der Waals surface area contributed by atoms with Crippen molar-refractivity contribution in [1.29, 1.82) is 0 Å². The monoisotopic (exact) mass is 314 g/mol. The van der Waals surface area contributed by atoms with E-state index in [1.54, 1.807) is 31.2 Å². The van der Waals surface area contributed by atoms with Crippen molar-refractivity contribution >= 4 is 15.7 Å². The SMILES string of the molecule is CCCNS(=O)(=O)c1ccc(NCC(C)(O)CCC)cc1. The normalized spacial score (nSPS) is 14.7. The molecule has 5 nitrogen and oxygen atoms in total. The van der Waals surface area contributed by atoms with Gasteiger partial charge in [-0.3, -0.25) is 0 Å². The van der Waals surface area contributed by atoms with Gasteiger partial charge in [0.1, 0.15) is 0 Å². The summed E-state index contributed by atoms with van der Waals surface area (Å²) in [5, 5.41) is 13.2. The van der Waals surface area contributed by atoms with Crippen LogP contribution in [0.15, 0.2) is 29.2 Å². The van der Waals surface area contributed by atoms with Crippen molar-refractivity contribution < 1.29 is 13.5 Å². The van der Waals surface area contributed by atoms with Gasteiger partial charge in [-0.25, -0.2) is 13.1 Å². The van der Waals surface area contributed by atoms with Crippen LogP contribution in [-0.2, 0) is 10.0 Å². The van der Waals surface area contributed by atoms with Gasteiger partial charge in [0, 0.05) is 18.8 Å². The van der Waals surface area contributed by atoms with Crippen LogP contribution in [-0.4, -0.2) is 32.2 Å². The number of anilines is 1. The third kappa shape index (κ3) is 6.03. The van der Waals surface area contributed by atoms with Gasteiger partial charge in [-0.2, -0.15) is 0 Å². The van der Waals surface area contributed by atoms with Crippen LogP contribution in [0.5, 0.6) is 0 Å². The maximum atomic E-state index is 11.9. The number of hydrogen-bond donors (Lipinski definition) is 3. The summed E-state index contributed by atoms with van der Waals surface area (Å²) in [6.07, 6.45) is 2.38. The molecule has 21 heavy (non-hydrogen) atoms. The molecule has 0 saturated carbocycles. The van der Waals surface area contributed by atoms with E-state index in [9.17, 15) is 13.5 Å². The fraction of sp³-hybridized carbons (Fsp3) is 0.600. The summed E-state index contributed by atoms with van der Waals surface area (Å²) < 4.78 is 26.4. The van der Waals surface area contributed by atoms with Gasteiger partial charge in [0.15, 0.2) is 0 Å². The molecule has 0 aliphatic carbocycles. The zero-order valence-corrected chi connectivity index (χ0v) is 13.8. The molecule has 1 atom stereocenters. The van der Waals surface area contributed by atoms with E-state index in [1.165, 1.54) is 0 Å². The van der Waals surface area contributed by atoms with Crippen molar-refractivity contribution in [2.24, 2.45) is 0 Å². The van der Waals surface area contributed by atoms with Crippen molar-refractivity contribution in [1.82, 2.24) is 4.72 Å². The van der Waals surface area contributed by atoms with Gasteiger partial charge in [0.25, 0.3) is 0 Å². The lowest BCUT2D eigenvalue weighted by Crippen LogP contribution is -2.33. The maximum Gasteiger partial charge on any atom is 0.240 e. The predicted octanol–water partition coefficient (Wildman–Crippen LogP) is 2.34. The molecule has 1 unspecified atom stereocenters. The van der Waals surface area contributed by atoms with Gasteiger partial charge in [0.2, 0.25) is 10.0 Å². The van der Waals surface area contributed by atoms with Crippen molar-refractivity contribution in [2.45, 2.75) is 50.5 Å². The summed E-state index contributed by atoms with van der Waals surface area (Å²) in [5.41, 5.74) is 0.0307. The highest BCUT2D eigenvalue weighted by Gasteiger charge is 2.18. The lowest BCUT2D eigenvalue weighted by Gasteiger charge is -2.23. The first-order valence-electron chi connectivity index (χ1n) is 7.36. The summed E-state index contributed by atoms with van der Waals surface area (Å²) in [6.45, 7) is 6.59. The van der Waals surface area contributed by atoms with Gasteiger partial charge < -0.3 is 10.4 Å². The van der Waals surface area contributed by atoms with E-state index in [0.29, 0.717) is 19.5 Å². The van der Waals surface area contributed by atoms with Crippen molar-refractivity contribution in [3.05, 3.63) is 24.3 Å². The molecule has 1 aromatic carbocycles. The minimum absolute atomic E-state index is 0.252. The van der Waals surface area contributed by atoms with Crippen molar-refractivity contribution in [3.8, 4) is 0 Å². The van der Waals surface area contributed by atoms with Crippen molar-refractivity contribution in [2.75, 3.05) is 18.4 Å². The molecule has 3 N–H and O–H groups in total. The van der Waals surface area contributed by atoms with E-state index in [2.05, 4.69) is 10.0 Å². The molecule has 0 heterocycles. The number of rotatable bonds is 9. The molecule has 0 aromatic heterocycles. The van der Waals surface area contributed by atoms with Gasteiger partial charge >= 0.3 is 0 Å². The summed E-state index contributed by atoms with van der Waals surface area (Å²) in [6, 6.07) is 6.55. The number of benzene rings is 1. The molecule has 6 heteroatoms. The van der Waals surface area contributed by atoms with Crippen LogP contribution in [0.1, 0.15) is 40.0 Å². The third-order valence-electron chi connectivity index (χ3n) is 3.17. The highest BCUT2D eigenvalue weighted by Crippen LogP contribution is 2.17. The molecule has 0 saturated heterocycles. The Hall–Kier alpha value is -1.11. The quantitative estimate of drug-likeness (QED) is 0.654. The second-order valence-electron chi connectivity index (χ2n) is 5.52. The third-order valence-corrected chi connectivity index (χ3v) is 4.65. The predicted molar refractivity (Wildman–Crippen MR) is 85.9 cm³/mol. The van der Waals surface area contributed by atoms with E-state index in [0.717, 1.165) is 18.5 Å². The Kier molecular flexibility index (Phi) is 6.64. The van der Waals surface area contributed by atoms with E-state index in [4.69, 9.17) is 0 Å².